The number of ether oxygens (including phenoxy) is 4. The molecule has 4 heteroatoms. The lowest BCUT2D eigenvalue weighted by atomic mass is 10.2. The molecule has 0 fully saturated rings. The molecule has 0 bridgehead atoms. The van der Waals surface area contributed by atoms with Crippen molar-refractivity contribution in [3.05, 3.63) is 60.7 Å². The summed E-state index contributed by atoms with van der Waals surface area (Å²) >= 11 is 0. The van der Waals surface area contributed by atoms with E-state index in [4.69, 9.17) is 18.9 Å². The van der Waals surface area contributed by atoms with Crippen LogP contribution in [0.25, 0.3) is 6.08 Å². The zero-order chi connectivity index (χ0) is 16.5. The fraction of sp³-hybridized carbons (Fsp3) is 0.263. The highest BCUT2D eigenvalue weighted by atomic mass is 16.7. The molecule has 122 valence electrons. The van der Waals surface area contributed by atoms with Crippen molar-refractivity contribution in [3.8, 4) is 17.2 Å². The summed E-state index contributed by atoms with van der Waals surface area (Å²) in [5, 5.41) is 0. The van der Waals surface area contributed by atoms with Crippen LogP contribution in [-0.2, 0) is 4.74 Å². The largest absolute Gasteiger partial charge is 0.493 e. The second kappa shape index (κ2) is 8.86. The van der Waals surface area contributed by atoms with Gasteiger partial charge in [-0.1, -0.05) is 36.9 Å². The zero-order valence-electron chi connectivity index (χ0n) is 13.5. The number of para-hydroxylation sites is 1. The van der Waals surface area contributed by atoms with Gasteiger partial charge in [-0.25, -0.2) is 0 Å². The van der Waals surface area contributed by atoms with E-state index in [0.717, 1.165) is 11.3 Å². The van der Waals surface area contributed by atoms with Gasteiger partial charge in [-0.15, -0.1) is 0 Å². The summed E-state index contributed by atoms with van der Waals surface area (Å²) in [6.07, 6.45) is 1.35. The standard InChI is InChI=1S/C19H22O4/c1-4-16-10-11-18(19(14-16)20-3)23-15(2)21-12-13-22-17-8-6-5-7-9-17/h4-11,14-15H,1,12-13H2,2-3H3. The van der Waals surface area contributed by atoms with E-state index >= 15 is 0 Å². The Bertz CT molecular complexity index is 610. The third-order valence-electron chi connectivity index (χ3n) is 3.16. The Kier molecular flexibility index (Phi) is 6.51. The first kappa shape index (κ1) is 16.9. The fourth-order valence-electron chi connectivity index (χ4n) is 2.01. The lowest BCUT2D eigenvalue weighted by molar-refractivity contribution is -0.0747. The van der Waals surface area contributed by atoms with Crippen molar-refractivity contribution in [1.82, 2.24) is 0 Å². The van der Waals surface area contributed by atoms with Crippen LogP contribution in [0.1, 0.15) is 12.5 Å². The summed E-state index contributed by atoms with van der Waals surface area (Å²) in [5.74, 6) is 2.11. The van der Waals surface area contributed by atoms with E-state index in [0.29, 0.717) is 24.7 Å². The van der Waals surface area contributed by atoms with Gasteiger partial charge in [0.25, 0.3) is 0 Å². The Labute approximate surface area is 137 Å². The van der Waals surface area contributed by atoms with Gasteiger partial charge in [0.05, 0.1) is 13.7 Å². The van der Waals surface area contributed by atoms with Crippen LogP contribution >= 0.6 is 0 Å². The maximum atomic E-state index is 5.75. The van der Waals surface area contributed by atoms with Crippen LogP contribution in [0.3, 0.4) is 0 Å². The molecule has 0 saturated heterocycles. The third kappa shape index (κ3) is 5.34. The lowest BCUT2D eigenvalue weighted by Gasteiger charge is -2.18. The molecule has 0 spiro atoms. The smallest absolute Gasteiger partial charge is 0.197 e. The lowest BCUT2D eigenvalue weighted by Crippen LogP contribution is -2.20. The highest BCUT2D eigenvalue weighted by molar-refractivity contribution is 5.54. The molecule has 0 N–H and O–H groups in total. The minimum atomic E-state index is -0.405. The van der Waals surface area contributed by atoms with E-state index in [1.165, 1.54) is 0 Å². The Morgan fingerprint density at radius 1 is 1.04 bits per heavy atom. The van der Waals surface area contributed by atoms with Crippen LogP contribution in [-0.4, -0.2) is 26.6 Å². The predicted molar refractivity (Wildman–Crippen MR) is 91.1 cm³/mol. The van der Waals surface area contributed by atoms with Gasteiger partial charge in [-0.3, -0.25) is 0 Å². The van der Waals surface area contributed by atoms with E-state index in [9.17, 15) is 0 Å². The first-order valence-electron chi connectivity index (χ1n) is 7.49. The van der Waals surface area contributed by atoms with Crippen molar-refractivity contribution in [2.45, 2.75) is 13.2 Å². The first-order chi connectivity index (χ1) is 11.2. The molecule has 23 heavy (non-hydrogen) atoms. The highest BCUT2D eigenvalue weighted by Crippen LogP contribution is 2.29. The van der Waals surface area contributed by atoms with Crippen molar-refractivity contribution in [1.29, 1.82) is 0 Å². The van der Waals surface area contributed by atoms with E-state index < -0.39 is 6.29 Å². The van der Waals surface area contributed by atoms with Crippen molar-refractivity contribution in [3.63, 3.8) is 0 Å². The minimum Gasteiger partial charge on any atom is -0.493 e. The topological polar surface area (TPSA) is 36.9 Å². The maximum absolute atomic E-state index is 5.75. The second-order valence-corrected chi connectivity index (χ2v) is 4.83. The molecule has 2 aromatic rings. The molecule has 4 nitrogen and oxygen atoms in total. The van der Waals surface area contributed by atoms with Crippen LogP contribution in [0.2, 0.25) is 0 Å². The molecule has 0 heterocycles. The van der Waals surface area contributed by atoms with Crippen LogP contribution in [0, 0.1) is 0 Å². The quantitative estimate of drug-likeness (QED) is 0.514. The molecule has 0 amide bonds. The average molecular weight is 314 g/mol. The number of methoxy groups -OCH3 is 1. The Hall–Kier alpha value is -2.46. The molecule has 2 aromatic carbocycles. The average Bonchev–Trinajstić information content (AvgIpc) is 2.60. The molecule has 0 radical (unpaired) electrons. The van der Waals surface area contributed by atoms with E-state index in [2.05, 4.69) is 6.58 Å². The molecule has 0 aromatic heterocycles. The molecular weight excluding hydrogens is 292 g/mol. The number of benzene rings is 2. The number of hydrogen-bond acceptors (Lipinski definition) is 4. The molecule has 0 saturated carbocycles. The SMILES string of the molecule is C=Cc1ccc(OC(C)OCCOc2ccccc2)c(OC)c1. The Morgan fingerprint density at radius 3 is 2.52 bits per heavy atom. The van der Waals surface area contributed by atoms with Gasteiger partial charge in [0.15, 0.2) is 17.8 Å². The van der Waals surface area contributed by atoms with Gasteiger partial charge in [0, 0.05) is 0 Å². The number of hydrogen-bond donors (Lipinski definition) is 0. The van der Waals surface area contributed by atoms with Crippen LogP contribution < -0.4 is 14.2 Å². The molecule has 1 atom stereocenters. The van der Waals surface area contributed by atoms with Crippen molar-refractivity contribution in [2.24, 2.45) is 0 Å². The van der Waals surface area contributed by atoms with Gasteiger partial charge in [0.2, 0.25) is 0 Å². The van der Waals surface area contributed by atoms with Gasteiger partial charge in [-0.2, -0.15) is 0 Å². The van der Waals surface area contributed by atoms with Crippen LogP contribution in [0.15, 0.2) is 55.1 Å². The molecule has 2 rings (SSSR count). The predicted octanol–water partition coefficient (Wildman–Crippen LogP) is 4.16. The van der Waals surface area contributed by atoms with Crippen molar-refractivity contribution >= 4 is 6.08 Å². The van der Waals surface area contributed by atoms with E-state index in [1.54, 1.807) is 13.2 Å². The second-order valence-electron chi connectivity index (χ2n) is 4.83. The molecule has 0 aliphatic carbocycles. The highest BCUT2D eigenvalue weighted by Gasteiger charge is 2.09. The van der Waals surface area contributed by atoms with Crippen LogP contribution in [0.5, 0.6) is 17.2 Å². The van der Waals surface area contributed by atoms with Gasteiger partial charge in [0.1, 0.15) is 12.4 Å². The minimum absolute atomic E-state index is 0.405. The Balaban J connectivity index is 1.78. The van der Waals surface area contributed by atoms with Gasteiger partial charge < -0.3 is 18.9 Å². The fourth-order valence-corrected chi connectivity index (χ4v) is 2.01. The number of rotatable bonds is 9. The molecule has 1 unspecified atom stereocenters. The third-order valence-corrected chi connectivity index (χ3v) is 3.16. The summed E-state index contributed by atoms with van der Waals surface area (Å²) in [4.78, 5) is 0. The molecule has 0 aliphatic rings. The summed E-state index contributed by atoms with van der Waals surface area (Å²) in [6.45, 7) is 6.47. The summed E-state index contributed by atoms with van der Waals surface area (Å²) in [5.41, 5.74) is 0.971. The summed E-state index contributed by atoms with van der Waals surface area (Å²) < 4.78 is 22.2. The first-order valence-corrected chi connectivity index (χ1v) is 7.49. The maximum Gasteiger partial charge on any atom is 0.197 e. The van der Waals surface area contributed by atoms with Gasteiger partial charge in [-0.05, 0) is 36.8 Å². The van der Waals surface area contributed by atoms with Crippen LogP contribution in [0.4, 0.5) is 0 Å². The van der Waals surface area contributed by atoms with E-state index in [1.807, 2.05) is 55.5 Å². The summed E-state index contributed by atoms with van der Waals surface area (Å²) in [7, 11) is 1.61. The Morgan fingerprint density at radius 2 is 1.83 bits per heavy atom. The molecule has 0 aliphatic heterocycles. The zero-order valence-corrected chi connectivity index (χ0v) is 13.5. The monoisotopic (exact) mass is 314 g/mol. The summed E-state index contributed by atoms with van der Waals surface area (Å²) in [6, 6.07) is 15.3. The van der Waals surface area contributed by atoms with Crippen molar-refractivity contribution < 1.29 is 18.9 Å². The van der Waals surface area contributed by atoms with Gasteiger partial charge >= 0.3 is 0 Å². The van der Waals surface area contributed by atoms with E-state index in [-0.39, 0.29) is 0 Å². The van der Waals surface area contributed by atoms with Crippen molar-refractivity contribution in [2.75, 3.05) is 20.3 Å². The molecular formula is C19H22O4. The normalized spacial score (nSPS) is 11.6.